The molecule has 1 aromatic rings. The molecule has 0 radical (unpaired) electrons. The zero-order chi connectivity index (χ0) is 12.7. The van der Waals surface area contributed by atoms with Gasteiger partial charge in [-0.1, -0.05) is 50.3 Å². The van der Waals surface area contributed by atoms with Gasteiger partial charge < -0.3 is 0 Å². The van der Waals surface area contributed by atoms with Gasteiger partial charge >= 0.3 is 0 Å². The van der Waals surface area contributed by atoms with Crippen molar-refractivity contribution in [1.82, 2.24) is 0 Å². The van der Waals surface area contributed by atoms with Gasteiger partial charge in [-0.05, 0) is 31.0 Å². The van der Waals surface area contributed by atoms with Crippen LogP contribution in [0, 0.1) is 6.92 Å². The Bertz CT molecular complexity index is 371. The Morgan fingerprint density at radius 2 is 1.88 bits per heavy atom. The van der Waals surface area contributed by atoms with Gasteiger partial charge in [0.2, 0.25) is 0 Å². The lowest BCUT2D eigenvalue weighted by atomic mass is 10.0. The molecule has 1 aromatic carbocycles. The summed E-state index contributed by atoms with van der Waals surface area (Å²) in [7, 11) is 0. The molecule has 0 N–H and O–H groups in total. The monoisotopic (exact) mass is 252 g/mol. The van der Waals surface area contributed by atoms with Gasteiger partial charge in [-0.25, -0.2) is 0 Å². The predicted octanol–water partition coefficient (Wildman–Crippen LogP) is 5.19. The third-order valence-corrected chi connectivity index (χ3v) is 3.25. The lowest BCUT2D eigenvalue weighted by molar-refractivity contribution is 0.0979. The third kappa shape index (κ3) is 4.91. The van der Waals surface area contributed by atoms with Crippen LogP contribution in [-0.2, 0) is 0 Å². The van der Waals surface area contributed by atoms with Crippen LogP contribution in [0.5, 0.6) is 0 Å². The van der Waals surface area contributed by atoms with Crippen LogP contribution >= 0.6 is 11.6 Å². The van der Waals surface area contributed by atoms with E-state index in [-0.39, 0.29) is 5.78 Å². The second-order valence-corrected chi connectivity index (χ2v) is 4.98. The molecule has 0 spiro atoms. The Balaban J connectivity index is 2.42. The van der Waals surface area contributed by atoms with E-state index in [0.29, 0.717) is 17.0 Å². The van der Waals surface area contributed by atoms with Crippen LogP contribution in [0.15, 0.2) is 18.2 Å². The van der Waals surface area contributed by atoms with Gasteiger partial charge in [-0.2, -0.15) is 0 Å². The summed E-state index contributed by atoms with van der Waals surface area (Å²) < 4.78 is 0. The number of halogens is 1. The number of hydrogen-bond donors (Lipinski definition) is 0. The minimum absolute atomic E-state index is 0.173. The Kier molecular flexibility index (Phi) is 6.28. The maximum Gasteiger partial charge on any atom is 0.164 e. The van der Waals surface area contributed by atoms with Gasteiger partial charge in [0.15, 0.2) is 5.78 Å². The molecule has 0 aromatic heterocycles. The number of carbonyl (C=O) groups is 1. The van der Waals surface area contributed by atoms with Gasteiger partial charge in [0, 0.05) is 12.0 Å². The summed E-state index contributed by atoms with van der Waals surface area (Å²) >= 11 is 6.07. The summed E-state index contributed by atoms with van der Waals surface area (Å²) in [5.41, 5.74) is 1.77. The number of rotatable bonds is 7. The standard InChI is InChI=1S/C15H21ClO/c1-3-4-5-6-7-8-15(17)13-10-9-12(2)11-14(13)16/h9-11H,3-8H2,1-2H3. The third-order valence-electron chi connectivity index (χ3n) is 2.93. The highest BCUT2D eigenvalue weighted by atomic mass is 35.5. The summed E-state index contributed by atoms with van der Waals surface area (Å²) in [5.74, 6) is 0.173. The van der Waals surface area contributed by atoms with Crippen molar-refractivity contribution in [2.24, 2.45) is 0 Å². The van der Waals surface area contributed by atoms with Crippen LogP contribution in [-0.4, -0.2) is 5.78 Å². The molecule has 94 valence electrons. The molecule has 2 heteroatoms. The Labute approximate surface area is 109 Å². The van der Waals surface area contributed by atoms with Gasteiger partial charge in [0.1, 0.15) is 0 Å². The number of Topliss-reactive ketones (excluding diaryl/α,β-unsaturated/α-hetero) is 1. The van der Waals surface area contributed by atoms with Gasteiger partial charge in [0.25, 0.3) is 0 Å². The van der Waals surface area contributed by atoms with Crippen molar-refractivity contribution < 1.29 is 4.79 Å². The average Bonchev–Trinajstić information content (AvgIpc) is 2.28. The van der Waals surface area contributed by atoms with Crippen molar-refractivity contribution >= 4 is 17.4 Å². The maximum absolute atomic E-state index is 11.9. The van der Waals surface area contributed by atoms with E-state index in [2.05, 4.69) is 6.92 Å². The van der Waals surface area contributed by atoms with Crippen LogP contribution in [0.1, 0.15) is 61.4 Å². The minimum atomic E-state index is 0.173. The summed E-state index contributed by atoms with van der Waals surface area (Å²) in [6.07, 6.45) is 6.46. The second-order valence-electron chi connectivity index (χ2n) is 4.57. The molecule has 0 amide bonds. The summed E-state index contributed by atoms with van der Waals surface area (Å²) in [4.78, 5) is 11.9. The fraction of sp³-hybridized carbons (Fsp3) is 0.533. The highest BCUT2D eigenvalue weighted by Gasteiger charge is 2.09. The van der Waals surface area contributed by atoms with E-state index in [4.69, 9.17) is 11.6 Å². The summed E-state index contributed by atoms with van der Waals surface area (Å²) in [6.45, 7) is 4.17. The molecule has 0 atom stereocenters. The van der Waals surface area contributed by atoms with Crippen LogP contribution in [0.2, 0.25) is 5.02 Å². The van der Waals surface area contributed by atoms with E-state index < -0.39 is 0 Å². The van der Waals surface area contributed by atoms with Crippen LogP contribution in [0.3, 0.4) is 0 Å². The van der Waals surface area contributed by atoms with Crippen LogP contribution in [0.25, 0.3) is 0 Å². The van der Waals surface area contributed by atoms with Crippen molar-refractivity contribution in [2.45, 2.75) is 52.4 Å². The number of benzene rings is 1. The zero-order valence-corrected chi connectivity index (χ0v) is 11.5. The quantitative estimate of drug-likeness (QED) is 0.482. The maximum atomic E-state index is 11.9. The van der Waals surface area contributed by atoms with Crippen molar-refractivity contribution in [1.29, 1.82) is 0 Å². The molecule has 0 aliphatic heterocycles. The first-order valence-electron chi connectivity index (χ1n) is 6.44. The number of aryl methyl sites for hydroxylation is 1. The molecular weight excluding hydrogens is 232 g/mol. The summed E-state index contributed by atoms with van der Waals surface area (Å²) in [5, 5.41) is 0.587. The zero-order valence-electron chi connectivity index (χ0n) is 10.8. The molecule has 0 unspecified atom stereocenters. The Hall–Kier alpha value is -0.820. The number of unbranched alkanes of at least 4 members (excludes halogenated alkanes) is 4. The van der Waals surface area contributed by atoms with E-state index in [9.17, 15) is 4.79 Å². The lowest BCUT2D eigenvalue weighted by Crippen LogP contribution is -2.00. The van der Waals surface area contributed by atoms with Crippen molar-refractivity contribution in [2.75, 3.05) is 0 Å². The molecule has 0 saturated carbocycles. The molecule has 1 rings (SSSR count). The molecular formula is C15H21ClO. The minimum Gasteiger partial charge on any atom is -0.294 e. The molecule has 0 fully saturated rings. The Morgan fingerprint density at radius 3 is 2.53 bits per heavy atom. The number of ketones is 1. The van der Waals surface area contributed by atoms with E-state index in [0.717, 1.165) is 18.4 Å². The highest BCUT2D eigenvalue weighted by Crippen LogP contribution is 2.20. The van der Waals surface area contributed by atoms with Gasteiger partial charge in [-0.3, -0.25) is 4.79 Å². The fourth-order valence-electron chi connectivity index (χ4n) is 1.87. The topological polar surface area (TPSA) is 17.1 Å². The van der Waals surface area contributed by atoms with Crippen molar-refractivity contribution in [3.63, 3.8) is 0 Å². The number of hydrogen-bond acceptors (Lipinski definition) is 1. The lowest BCUT2D eigenvalue weighted by Gasteiger charge is -2.04. The fourth-order valence-corrected chi connectivity index (χ4v) is 2.21. The molecule has 0 saturated heterocycles. The largest absolute Gasteiger partial charge is 0.294 e. The van der Waals surface area contributed by atoms with E-state index in [1.165, 1.54) is 19.3 Å². The van der Waals surface area contributed by atoms with Crippen LogP contribution < -0.4 is 0 Å². The molecule has 1 nitrogen and oxygen atoms in total. The first kappa shape index (κ1) is 14.2. The second kappa shape index (κ2) is 7.50. The normalized spacial score (nSPS) is 10.5. The molecule has 0 aliphatic carbocycles. The van der Waals surface area contributed by atoms with Gasteiger partial charge in [0.05, 0.1) is 5.02 Å². The van der Waals surface area contributed by atoms with Crippen molar-refractivity contribution in [3.05, 3.63) is 34.3 Å². The average molecular weight is 253 g/mol. The molecule has 0 heterocycles. The highest BCUT2D eigenvalue weighted by molar-refractivity contribution is 6.34. The summed E-state index contributed by atoms with van der Waals surface area (Å²) in [6, 6.07) is 5.63. The Morgan fingerprint density at radius 1 is 1.18 bits per heavy atom. The molecule has 0 aliphatic rings. The number of carbonyl (C=O) groups excluding carboxylic acids is 1. The predicted molar refractivity (Wildman–Crippen MR) is 73.9 cm³/mol. The first-order valence-corrected chi connectivity index (χ1v) is 6.82. The van der Waals surface area contributed by atoms with Gasteiger partial charge in [-0.15, -0.1) is 0 Å². The van der Waals surface area contributed by atoms with E-state index >= 15 is 0 Å². The van der Waals surface area contributed by atoms with Crippen molar-refractivity contribution in [3.8, 4) is 0 Å². The van der Waals surface area contributed by atoms with Crippen LogP contribution in [0.4, 0.5) is 0 Å². The van der Waals surface area contributed by atoms with E-state index in [1.807, 2.05) is 25.1 Å². The molecule has 17 heavy (non-hydrogen) atoms. The molecule has 0 bridgehead atoms. The SMILES string of the molecule is CCCCCCCC(=O)c1ccc(C)cc1Cl. The smallest absolute Gasteiger partial charge is 0.164 e. The first-order chi connectivity index (χ1) is 8.15. The van der Waals surface area contributed by atoms with E-state index in [1.54, 1.807) is 0 Å².